The van der Waals surface area contributed by atoms with Crippen LogP contribution in [0.15, 0.2) is 36.4 Å². The van der Waals surface area contributed by atoms with E-state index in [1.807, 2.05) is 6.07 Å². The lowest BCUT2D eigenvalue weighted by molar-refractivity contribution is 0.866. The molecule has 0 atom stereocenters. The highest BCUT2D eigenvalue weighted by Gasteiger charge is 2.01. The van der Waals surface area contributed by atoms with Crippen molar-refractivity contribution in [1.29, 1.82) is 0 Å². The van der Waals surface area contributed by atoms with Crippen molar-refractivity contribution in [2.24, 2.45) is 0 Å². The van der Waals surface area contributed by atoms with Crippen LogP contribution in [0.5, 0.6) is 0 Å². The topological polar surface area (TPSA) is 12.0 Å². The molecule has 0 fully saturated rings. The van der Waals surface area contributed by atoms with E-state index in [9.17, 15) is 0 Å². The van der Waals surface area contributed by atoms with Crippen LogP contribution in [-0.4, -0.2) is 0 Å². The average molecular weight is 266 g/mol. The molecule has 3 heteroatoms. The fourth-order valence-corrected chi connectivity index (χ4v) is 2.67. The first kappa shape index (κ1) is 12.5. The van der Waals surface area contributed by atoms with Crippen LogP contribution in [0.2, 0.25) is 4.34 Å². The summed E-state index contributed by atoms with van der Waals surface area (Å²) in [5, 5.41) is 3.42. The molecule has 1 heterocycles. The maximum Gasteiger partial charge on any atom is 0.0931 e. The Morgan fingerprint density at radius 2 is 2.06 bits per heavy atom. The van der Waals surface area contributed by atoms with Gasteiger partial charge >= 0.3 is 0 Å². The van der Waals surface area contributed by atoms with Crippen molar-refractivity contribution in [2.45, 2.75) is 26.3 Å². The minimum absolute atomic E-state index is 0.563. The largest absolute Gasteiger partial charge is 0.380 e. The van der Waals surface area contributed by atoms with Crippen molar-refractivity contribution in [3.8, 4) is 0 Å². The number of thiophene rings is 1. The van der Waals surface area contributed by atoms with Gasteiger partial charge in [-0.1, -0.05) is 37.6 Å². The highest BCUT2D eigenvalue weighted by atomic mass is 35.5. The van der Waals surface area contributed by atoms with Gasteiger partial charge in [0.15, 0.2) is 0 Å². The van der Waals surface area contributed by atoms with Gasteiger partial charge in [-0.25, -0.2) is 0 Å². The molecule has 1 aromatic heterocycles. The van der Waals surface area contributed by atoms with Crippen molar-refractivity contribution in [3.05, 3.63) is 51.2 Å². The lowest BCUT2D eigenvalue weighted by atomic mass is 10.0. The summed E-state index contributed by atoms with van der Waals surface area (Å²) in [6.07, 6.45) is 0. The third kappa shape index (κ3) is 3.48. The van der Waals surface area contributed by atoms with Gasteiger partial charge in [0, 0.05) is 17.1 Å². The number of nitrogens with one attached hydrogen (secondary N) is 1. The molecule has 0 spiro atoms. The third-order valence-corrected chi connectivity index (χ3v) is 3.88. The molecule has 0 radical (unpaired) electrons. The van der Waals surface area contributed by atoms with E-state index in [1.54, 1.807) is 11.3 Å². The van der Waals surface area contributed by atoms with Gasteiger partial charge in [0.1, 0.15) is 0 Å². The van der Waals surface area contributed by atoms with Crippen LogP contribution in [0.25, 0.3) is 0 Å². The molecule has 2 aromatic rings. The predicted molar refractivity (Wildman–Crippen MR) is 77.2 cm³/mol. The van der Waals surface area contributed by atoms with E-state index in [0.29, 0.717) is 5.92 Å². The van der Waals surface area contributed by atoms with Crippen LogP contribution in [0.3, 0.4) is 0 Å². The quantitative estimate of drug-likeness (QED) is 0.807. The molecule has 0 amide bonds. The number of halogens is 1. The zero-order valence-electron chi connectivity index (χ0n) is 10.0. The summed E-state index contributed by atoms with van der Waals surface area (Å²) in [5.41, 5.74) is 2.53. The van der Waals surface area contributed by atoms with Gasteiger partial charge in [-0.15, -0.1) is 11.3 Å². The molecule has 0 aliphatic carbocycles. The first-order valence-electron chi connectivity index (χ1n) is 5.73. The highest BCUT2D eigenvalue weighted by Crippen LogP contribution is 2.23. The van der Waals surface area contributed by atoms with Gasteiger partial charge in [-0.3, -0.25) is 0 Å². The normalized spacial score (nSPS) is 10.8. The molecule has 0 saturated carbocycles. The van der Waals surface area contributed by atoms with E-state index in [1.165, 1.54) is 16.1 Å². The summed E-state index contributed by atoms with van der Waals surface area (Å²) in [5.74, 6) is 0.563. The molecular weight excluding hydrogens is 250 g/mol. The molecule has 2 rings (SSSR count). The van der Waals surface area contributed by atoms with Gasteiger partial charge in [0.05, 0.1) is 4.34 Å². The SMILES string of the molecule is CC(C)c1cccc(NCc2ccc(Cl)s2)c1. The Morgan fingerprint density at radius 1 is 1.24 bits per heavy atom. The van der Waals surface area contributed by atoms with Crippen LogP contribution >= 0.6 is 22.9 Å². The van der Waals surface area contributed by atoms with Gasteiger partial charge < -0.3 is 5.32 Å². The molecule has 0 bridgehead atoms. The zero-order valence-corrected chi connectivity index (χ0v) is 11.6. The summed E-state index contributed by atoms with van der Waals surface area (Å²) >= 11 is 7.52. The fraction of sp³-hybridized carbons (Fsp3) is 0.286. The van der Waals surface area contributed by atoms with Crippen LogP contribution in [0.4, 0.5) is 5.69 Å². The Hall–Kier alpha value is -0.990. The number of anilines is 1. The molecule has 1 N–H and O–H groups in total. The molecule has 0 saturated heterocycles. The lowest BCUT2D eigenvalue weighted by Crippen LogP contribution is -1.98. The van der Waals surface area contributed by atoms with Crippen LogP contribution < -0.4 is 5.32 Å². The van der Waals surface area contributed by atoms with Crippen molar-refractivity contribution >= 4 is 28.6 Å². The van der Waals surface area contributed by atoms with E-state index < -0.39 is 0 Å². The van der Waals surface area contributed by atoms with Crippen molar-refractivity contribution in [2.75, 3.05) is 5.32 Å². The number of hydrogen-bond donors (Lipinski definition) is 1. The van der Waals surface area contributed by atoms with Gasteiger partial charge in [0.25, 0.3) is 0 Å². The Bertz CT molecular complexity index is 490. The maximum absolute atomic E-state index is 5.90. The van der Waals surface area contributed by atoms with E-state index >= 15 is 0 Å². The Labute approximate surface area is 111 Å². The molecule has 1 nitrogen and oxygen atoms in total. The van der Waals surface area contributed by atoms with Crippen LogP contribution in [0, 0.1) is 0 Å². The molecular formula is C14H16ClNS. The lowest BCUT2D eigenvalue weighted by Gasteiger charge is -2.09. The molecule has 0 unspecified atom stereocenters. The summed E-state index contributed by atoms with van der Waals surface area (Å²) in [6, 6.07) is 12.6. The van der Waals surface area contributed by atoms with E-state index in [-0.39, 0.29) is 0 Å². The predicted octanol–water partition coefficient (Wildman–Crippen LogP) is 5.14. The number of hydrogen-bond acceptors (Lipinski definition) is 2. The second-order valence-corrected chi connectivity index (χ2v) is 6.14. The first-order chi connectivity index (χ1) is 8.15. The van der Waals surface area contributed by atoms with Crippen LogP contribution in [0.1, 0.15) is 30.2 Å². The van der Waals surface area contributed by atoms with Gasteiger partial charge in [0.2, 0.25) is 0 Å². The third-order valence-electron chi connectivity index (χ3n) is 2.65. The first-order valence-corrected chi connectivity index (χ1v) is 6.92. The number of benzene rings is 1. The van der Waals surface area contributed by atoms with E-state index in [0.717, 1.165) is 10.9 Å². The summed E-state index contributed by atoms with van der Waals surface area (Å²) < 4.78 is 0.845. The van der Waals surface area contributed by atoms with Crippen molar-refractivity contribution in [1.82, 2.24) is 0 Å². The zero-order chi connectivity index (χ0) is 12.3. The molecule has 0 aliphatic heterocycles. The maximum atomic E-state index is 5.90. The average Bonchev–Trinajstić information content (AvgIpc) is 2.73. The molecule has 0 aliphatic rings. The summed E-state index contributed by atoms with van der Waals surface area (Å²) in [6.45, 7) is 5.25. The molecule has 90 valence electrons. The Kier molecular flexibility index (Phi) is 4.08. The van der Waals surface area contributed by atoms with E-state index in [2.05, 4.69) is 49.5 Å². The second kappa shape index (κ2) is 5.56. The minimum Gasteiger partial charge on any atom is -0.380 e. The summed E-state index contributed by atoms with van der Waals surface area (Å²) in [4.78, 5) is 1.25. The second-order valence-electron chi connectivity index (χ2n) is 4.34. The number of rotatable bonds is 4. The minimum atomic E-state index is 0.563. The smallest absolute Gasteiger partial charge is 0.0931 e. The van der Waals surface area contributed by atoms with Crippen molar-refractivity contribution < 1.29 is 0 Å². The van der Waals surface area contributed by atoms with Gasteiger partial charge in [-0.2, -0.15) is 0 Å². The fourth-order valence-electron chi connectivity index (χ4n) is 1.64. The molecule has 17 heavy (non-hydrogen) atoms. The standard InChI is InChI=1S/C14H16ClNS/c1-10(2)11-4-3-5-12(8-11)16-9-13-6-7-14(15)17-13/h3-8,10,16H,9H2,1-2H3. The Balaban J connectivity index is 2.01. The Morgan fingerprint density at radius 3 is 2.71 bits per heavy atom. The highest BCUT2D eigenvalue weighted by molar-refractivity contribution is 7.16. The van der Waals surface area contributed by atoms with Crippen LogP contribution in [-0.2, 0) is 6.54 Å². The van der Waals surface area contributed by atoms with E-state index in [4.69, 9.17) is 11.6 Å². The molecule has 1 aromatic carbocycles. The monoisotopic (exact) mass is 265 g/mol. The van der Waals surface area contributed by atoms with Gasteiger partial charge in [-0.05, 0) is 35.7 Å². The van der Waals surface area contributed by atoms with Crippen molar-refractivity contribution in [3.63, 3.8) is 0 Å². The summed E-state index contributed by atoms with van der Waals surface area (Å²) in [7, 11) is 0.